The average Bonchev–Trinajstić information content (AvgIpc) is 2.89. The number of carbonyl (C=O) groups excluding carboxylic acids is 2. The summed E-state index contributed by atoms with van der Waals surface area (Å²) in [4.78, 5) is 29.7. The fraction of sp³-hybridized carbons (Fsp3) is 0.600. The minimum atomic E-state index is -0.358. The largest absolute Gasteiger partial charge is 0.341 e. The molecule has 0 radical (unpaired) electrons. The van der Waals surface area contributed by atoms with Crippen LogP contribution in [0.3, 0.4) is 0 Å². The molecule has 0 aromatic heterocycles. The van der Waals surface area contributed by atoms with Crippen molar-refractivity contribution in [1.29, 1.82) is 0 Å². The molecule has 0 saturated carbocycles. The highest BCUT2D eigenvalue weighted by Crippen LogP contribution is 2.27. The molecule has 2 rings (SSSR count). The molecular formula is C20H30N2O2. The van der Waals surface area contributed by atoms with Crippen molar-refractivity contribution in [3.63, 3.8) is 0 Å². The normalized spacial score (nSPS) is 14.9. The third-order valence-electron chi connectivity index (χ3n) is 4.50. The van der Waals surface area contributed by atoms with E-state index >= 15 is 0 Å². The number of fused-ring (bicyclic) bond motifs is 1. The number of hydrogen-bond donors (Lipinski definition) is 0. The predicted octanol–water partition coefficient (Wildman–Crippen LogP) is 3.71. The van der Waals surface area contributed by atoms with Gasteiger partial charge in [-0.25, -0.2) is 0 Å². The second-order valence-electron chi connectivity index (χ2n) is 7.06. The van der Waals surface area contributed by atoms with Crippen LogP contribution in [-0.2, 0) is 11.3 Å². The van der Waals surface area contributed by atoms with Crippen LogP contribution in [0, 0.1) is 5.92 Å². The van der Waals surface area contributed by atoms with Crippen molar-refractivity contribution in [2.75, 3.05) is 13.1 Å². The lowest BCUT2D eigenvalue weighted by molar-refractivity contribution is -0.137. The molecule has 1 aliphatic heterocycles. The molecule has 132 valence electrons. The van der Waals surface area contributed by atoms with Crippen LogP contribution in [-0.4, -0.2) is 40.7 Å². The third kappa shape index (κ3) is 3.97. The van der Waals surface area contributed by atoms with Gasteiger partial charge in [-0.2, -0.15) is 0 Å². The van der Waals surface area contributed by atoms with E-state index in [4.69, 9.17) is 0 Å². The Labute approximate surface area is 145 Å². The fourth-order valence-corrected chi connectivity index (χ4v) is 3.42. The van der Waals surface area contributed by atoms with Gasteiger partial charge in [-0.1, -0.05) is 45.9 Å². The number of rotatable bonds is 8. The van der Waals surface area contributed by atoms with Gasteiger partial charge in [0.1, 0.15) is 6.04 Å². The molecule has 1 unspecified atom stereocenters. The van der Waals surface area contributed by atoms with Crippen LogP contribution in [0.5, 0.6) is 0 Å². The first-order chi connectivity index (χ1) is 11.5. The maximum atomic E-state index is 13.2. The standard InChI is InChI=1S/C20H30N2O2/c1-5-11-21(12-6-2)20(24)18(13-15(3)4)22-14-16-9-7-8-10-17(16)19(22)23/h7-10,15,18H,5-6,11-14H2,1-4H3. The molecular weight excluding hydrogens is 300 g/mol. The minimum absolute atomic E-state index is 0.00227. The van der Waals surface area contributed by atoms with Crippen molar-refractivity contribution in [3.05, 3.63) is 35.4 Å². The Hall–Kier alpha value is -1.84. The van der Waals surface area contributed by atoms with Gasteiger partial charge in [-0.15, -0.1) is 0 Å². The molecule has 2 amide bonds. The maximum Gasteiger partial charge on any atom is 0.255 e. The predicted molar refractivity (Wildman–Crippen MR) is 96.7 cm³/mol. The SMILES string of the molecule is CCCN(CCC)C(=O)C(CC(C)C)N1Cc2ccccc2C1=O. The first kappa shape index (κ1) is 18.5. The summed E-state index contributed by atoms with van der Waals surface area (Å²) in [7, 11) is 0. The third-order valence-corrected chi connectivity index (χ3v) is 4.50. The van der Waals surface area contributed by atoms with Gasteiger partial charge in [-0.05, 0) is 36.8 Å². The molecule has 1 aromatic carbocycles. The maximum absolute atomic E-state index is 13.2. The molecule has 1 aromatic rings. The number of carbonyl (C=O) groups is 2. The van der Waals surface area contributed by atoms with E-state index in [0.717, 1.165) is 37.1 Å². The van der Waals surface area contributed by atoms with E-state index < -0.39 is 0 Å². The van der Waals surface area contributed by atoms with Crippen molar-refractivity contribution < 1.29 is 9.59 Å². The summed E-state index contributed by atoms with van der Waals surface area (Å²) in [6.45, 7) is 10.5. The lowest BCUT2D eigenvalue weighted by Crippen LogP contribution is -2.49. The van der Waals surface area contributed by atoms with Gasteiger partial charge in [0.15, 0.2) is 0 Å². The van der Waals surface area contributed by atoms with E-state index in [2.05, 4.69) is 27.7 Å². The molecule has 1 heterocycles. The zero-order chi connectivity index (χ0) is 17.7. The van der Waals surface area contributed by atoms with Crippen molar-refractivity contribution in [1.82, 2.24) is 9.80 Å². The molecule has 0 bridgehead atoms. The molecule has 0 aliphatic carbocycles. The Balaban J connectivity index is 2.26. The molecule has 4 nitrogen and oxygen atoms in total. The second-order valence-corrected chi connectivity index (χ2v) is 7.06. The van der Waals surface area contributed by atoms with E-state index in [1.165, 1.54) is 0 Å². The van der Waals surface area contributed by atoms with Crippen molar-refractivity contribution in [3.8, 4) is 0 Å². The zero-order valence-electron chi connectivity index (χ0n) is 15.4. The minimum Gasteiger partial charge on any atom is -0.341 e. The topological polar surface area (TPSA) is 40.6 Å². The van der Waals surface area contributed by atoms with Crippen LogP contribution in [0.15, 0.2) is 24.3 Å². The highest BCUT2D eigenvalue weighted by Gasteiger charge is 2.37. The smallest absolute Gasteiger partial charge is 0.255 e. The summed E-state index contributed by atoms with van der Waals surface area (Å²) in [6.07, 6.45) is 2.59. The van der Waals surface area contributed by atoms with Crippen LogP contribution < -0.4 is 0 Å². The summed E-state index contributed by atoms with van der Waals surface area (Å²) >= 11 is 0. The molecule has 0 saturated heterocycles. The number of amides is 2. The molecule has 0 fully saturated rings. The van der Waals surface area contributed by atoms with Gasteiger partial charge in [0.2, 0.25) is 5.91 Å². The molecule has 1 atom stereocenters. The summed E-state index contributed by atoms with van der Waals surface area (Å²) < 4.78 is 0. The summed E-state index contributed by atoms with van der Waals surface area (Å²) in [6, 6.07) is 7.34. The van der Waals surface area contributed by atoms with Crippen LogP contribution in [0.2, 0.25) is 0 Å². The Bertz CT molecular complexity index is 577. The molecule has 1 aliphatic rings. The lowest BCUT2D eigenvalue weighted by Gasteiger charge is -2.33. The van der Waals surface area contributed by atoms with Crippen molar-refractivity contribution >= 4 is 11.8 Å². The molecule has 24 heavy (non-hydrogen) atoms. The van der Waals surface area contributed by atoms with Crippen molar-refractivity contribution in [2.24, 2.45) is 5.92 Å². The quantitative estimate of drug-likeness (QED) is 0.729. The van der Waals surface area contributed by atoms with Crippen molar-refractivity contribution in [2.45, 2.75) is 59.5 Å². The molecule has 0 spiro atoms. The summed E-state index contributed by atoms with van der Waals surface area (Å²) in [5.74, 6) is 0.465. The number of nitrogens with zero attached hydrogens (tertiary/aromatic N) is 2. The van der Waals surface area contributed by atoms with E-state index in [-0.39, 0.29) is 17.9 Å². The Morgan fingerprint density at radius 2 is 1.79 bits per heavy atom. The van der Waals surface area contributed by atoms with Gasteiger partial charge >= 0.3 is 0 Å². The molecule has 4 heteroatoms. The first-order valence-corrected chi connectivity index (χ1v) is 9.17. The zero-order valence-corrected chi connectivity index (χ0v) is 15.4. The van der Waals surface area contributed by atoms with E-state index in [0.29, 0.717) is 18.9 Å². The number of benzene rings is 1. The van der Waals surface area contributed by atoms with Gasteiger partial charge < -0.3 is 9.80 Å². The van der Waals surface area contributed by atoms with Gasteiger partial charge in [0.05, 0.1) is 0 Å². The Morgan fingerprint density at radius 1 is 1.17 bits per heavy atom. The fourth-order valence-electron chi connectivity index (χ4n) is 3.42. The van der Waals surface area contributed by atoms with Gasteiger partial charge in [0.25, 0.3) is 5.91 Å². The van der Waals surface area contributed by atoms with E-state index in [1.807, 2.05) is 29.2 Å². The second kappa shape index (κ2) is 8.32. The highest BCUT2D eigenvalue weighted by molar-refractivity contribution is 6.01. The van der Waals surface area contributed by atoms with Gasteiger partial charge in [0, 0.05) is 25.2 Å². The Kier molecular flexibility index (Phi) is 6.41. The highest BCUT2D eigenvalue weighted by atomic mass is 16.2. The Morgan fingerprint density at radius 3 is 2.33 bits per heavy atom. The lowest BCUT2D eigenvalue weighted by atomic mass is 10.0. The first-order valence-electron chi connectivity index (χ1n) is 9.17. The van der Waals surface area contributed by atoms with Crippen LogP contribution in [0.1, 0.15) is 62.9 Å². The summed E-state index contributed by atoms with van der Waals surface area (Å²) in [5, 5.41) is 0. The van der Waals surface area contributed by atoms with E-state index in [9.17, 15) is 9.59 Å². The van der Waals surface area contributed by atoms with Crippen LogP contribution in [0.25, 0.3) is 0 Å². The summed E-state index contributed by atoms with van der Waals surface area (Å²) in [5.41, 5.74) is 1.78. The molecule has 0 N–H and O–H groups in total. The van der Waals surface area contributed by atoms with E-state index in [1.54, 1.807) is 4.90 Å². The van der Waals surface area contributed by atoms with Gasteiger partial charge in [-0.3, -0.25) is 9.59 Å². The van der Waals surface area contributed by atoms with Crippen LogP contribution in [0.4, 0.5) is 0 Å². The number of hydrogen-bond acceptors (Lipinski definition) is 2. The monoisotopic (exact) mass is 330 g/mol. The average molecular weight is 330 g/mol. The van der Waals surface area contributed by atoms with Crippen LogP contribution >= 0.6 is 0 Å².